The van der Waals surface area contributed by atoms with Gasteiger partial charge in [0.25, 0.3) is 0 Å². The molecule has 0 bridgehead atoms. The molecule has 0 aliphatic heterocycles. The maximum atomic E-state index is 5.53. The van der Waals surface area contributed by atoms with Crippen LogP contribution in [0.2, 0.25) is 0 Å². The third-order valence-electron chi connectivity index (χ3n) is 4.29. The summed E-state index contributed by atoms with van der Waals surface area (Å²) in [6.45, 7) is 0. The molecular formula is C21H17NO2. The van der Waals surface area contributed by atoms with Gasteiger partial charge in [-0.15, -0.1) is 0 Å². The van der Waals surface area contributed by atoms with E-state index in [2.05, 4.69) is 53.5 Å². The van der Waals surface area contributed by atoms with Crippen molar-refractivity contribution < 1.29 is 9.47 Å². The zero-order valence-electron chi connectivity index (χ0n) is 13.6. The lowest BCUT2D eigenvalue weighted by atomic mass is 9.96. The van der Waals surface area contributed by atoms with Crippen LogP contribution in [0.25, 0.3) is 32.8 Å². The topological polar surface area (TPSA) is 31.4 Å². The zero-order valence-corrected chi connectivity index (χ0v) is 13.6. The number of benzene rings is 3. The van der Waals surface area contributed by atoms with Crippen LogP contribution in [0.3, 0.4) is 0 Å². The lowest BCUT2D eigenvalue weighted by Gasteiger charge is -2.13. The van der Waals surface area contributed by atoms with E-state index < -0.39 is 0 Å². The molecule has 0 radical (unpaired) electrons. The molecule has 3 heteroatoms. The second-order valence-corrected chi connectivity index (χ2v) is 5.60. The summed E-state index contributed by atoms with van der Waals surface area (Å²) in [5, 5.41) is 3.39. The fourth-order valence-electron chi connectivity index (χ4n) is 3.15. The fraction of sp³-hybridized carbons (Fsp3) is 0.0952. The maximum Gasteiger partial charge on any atom is 0.217 e. The van der Waals surface area contributed by atoms with Gasteiger partial charge in [-0.1, -0.05) is 54.6 Å². The number of para-hydroxylation sites is 1. The molecule has 0 amide bonds. The third-order valence-corrected chi connectivity index (χ3v) is 4.29. The van der Waals surface area contributed by atoms with Crippen molar-refractivity contribution in [1.29, 1.82) is 0 Å². The molecule has 0 aliphatic rings. The van der Waals surface area contributed by atoms with Gasteiger partial charge in [0.2, 0.25) is 5.88 Å². The minimum absolute atomic E-state index is 0.548. The number of ether oxygens (including phenoxy) is 2. The Hall–Kier alpha value is -3.07. The molecule has 3 nitrogen and oxygen atoms in total. The van der Waals surface area contributed by atoms with Crippen molar-refractivity contribution in [3.8, 4) is 22.8 Å². The molecule has 0 atom stereocenters. The van der Waals surface area contributed by atoms with Crippen LogP contribution in [0, 0.1) is 0 Å². The van der Waals surface area contributed by atoms with E-state index in [1.54, 1.807) is 14.2 Å². The number of aromatic nitrogens is 1. The first-order valence-electron chi connectivity index (χ1n) is 7.81. The first-order chi connectivity index (χ1) is 11.8. The molecular weight excluding hydrogens is 298 g/mol. The van der Waals surface area contributed by atoms with Crippen LogP contribution in [0.5, 0.6) is 11.6 Å². The summed E-state index contributed by atoms with van der Waals surface area (Å²) in [6.07, 6.45) is 0. The van der Waals surface area contributed by atoms with Crippen molar-refractivity contribution in [2.75, 3.05) is 14.2 Å². The van der Waals surface area contributed by atoms with Gasteiger partial charge in [-0.3, -0.25) is 0 Å². The Morgan fingerprint density at radius 1 is 0.708 bits per heavy atom. The molecule has 0 saturated carbocycles. The average Bonchev–Trinajstić information content (AvgIpc) is 2.66. The van der Waals surface area contributed by atoms with Crippen LogP contribution < -0.4 is 9.47 Å². The number of rotatable bonds is 3. The van der Waals surface area contributed by atoms with Crippen molar-refractivity contribution in [3.05, 3.63) is 66.7 Å². The van der Waals surface area contributed by atoms with E-state index in [-0.39, 0.29) is 0 Å². The lowest BCUT2D eigenvalue weighted by Crippen LogP contribution is -1.94. The van der Waals surface area contributed by atoms with Crippen molar-refractivity contribution >= 4 is 21.7 Å². The summed E-state index contributed by atoms with van der Waals surface area (Å²) in [5.74, 6) is 1.31. The second kappa shape index (κ2) is 5.85. The van der Waals surface area contributed by atoms with Gasteiger partial charge < -0.3 is 9.47 Å². The quantitative estimate of drug-likeness (QED) is 0.529. The Morgan fingerprint density at radius 3 is 2.25 bits per heavy atom. The normalized spacial score (nSPS) is 10.9. The number of nitrogens with zero attached hydrogens (tertiary/aromatic N) is 1. The number of hydrogen-bond donors (Lipinski definition) is 0. The number of fused-ring (bicyclic) bond motifs is 2. The predicted molar refractivity (Wildman–Crippen MR) is 97.8 cm³/mol. The van der Waals surface area contributed by atoms with Crippen LogP contribution in [-0.4, -0.2) is 19.2 Å². The van der Waals surface area contributed by atoms with Crippen LogP contribution in [0.4, 0.5) is 0 Å². The molecule has 118 valence electrons. The Kier molecular flexibility index (Phi) is 3.54. The summed E-state index contributed by atoms with van der Waals surface area (Å²) in [7, 11) is 3.28. The molecule has 0 spiro atoms. The highest BCUT2D eigenvalue weighted by Crippen LogP contribution is 2.37. The average molecular weight is 315 g/mol. The van der Waals surface area contributed by atoms with Crippen LogP contribution in [0.15, 0.2) is 66.7 Å². The Morgan fingerprint density at radius 2 is 1.42 bits per heavy atom. The van der Waals surface area contributed by atoms with Gasteiger partial charge in [0.15, 0.2) is 0 Å². The molecule has 0 aliphatic carbocycles. The SMILES string of the molecule is COc1cc(OC)c2cccc(-c3cccc4ccccc34)c2n1. The van der Waals surface area contributed by atoms with Gasteiger partial charge in [0.05, 0.1) is 19.7 Å². The molecule has 1 aromatic heterocycles. The van der Waals surface area contributed by atoms with Crippen LogP contribution in [0.1, 0.15) is 0 Å². The highest BCUT2D eigenvalue weighted by Gasteiger charge is 2.13. The van der Waals surface area contributed by atoms with Crippen molar-refractivity contribution in [3.63, 3.8) is 0 Å². The molecule has 0 N–H and O–H groups in total. The molecule has 1 heterocycles. The highest BCUT2D eigenvalue weighted by molar-refractivity contribution is 6.05. The Labute approximate surface area is 140 Å². The Balaban J connectivity index is 2.10. The van der Waals surface area contributed by atoms with E-state index in [1.807, 2.05) is 18.2 Å². The third kappa shape index (κ3) is 2.26. The highest BCUT2D eigenvalue weighted by atomic mass is 16.5. The molecule has 4 rings (SSSR count). The lowest BCUT2D eigenvalue weighted by molar-refractivity contribution is 0.386. The zero-order chi connectivity index (χ0) is 16.5. The first-order valence-corrected chi connectivity index (χ1v) is 7.81. The molecule has 0 unspecified atom stereocenters. The van der Waals surface area contributed by atoms with Gasteiger partial charge in [-0.05, 0) is 22.4 Å². The summed E-state index contributed by atoms with van der Waals surface area (Å²) in [5.41, 5.74) is 3.10. The van der Waals surface area contributed by atoms with E-state index in [4.69, 9.17) is 9.47 Å². The molecule has 3 aromatic carbocycles. The smallest absolute Gasteiger partial charge is 0.217 e. The standard InChI is InChI=1S/C21H17NO2/c1-23-19-13-20(24-2)22-21-17(11-6-12-18(19)21)16-10-5-8-14-7-3-4-9-15(14)16/h3-13H,1-2H3. The predicted octanol–water partition coefficient (Wildman–Crippen LogP) is 5.07. The number of methoxy groups -OCH3 is 2. The summed E-state index contributed by atoms with van der Waals surface area (Å²) in [4.78, 5) is 4.68. The summed E-state index contributed by atoms with van der Waals surface area (Å²) in [6, 6.07) is 22.7. The molecule has 4 aromatic rings. The van der Waals surface area contributed by atoms with Gasteiger partial charge >= 0.3 is 0 Å². The minimum atomic E-state index is 0.548. The fourth-order valence-corrected chi connectivity index (χ4v) is 3.15. The maximum absolute atomic E-state index is 5.53. The van der Waals surface area contributed by atoms with E-state index in [0.29, 0.717) is 5.88 Å². The van der Waals surface area contributed by atoms with Crippen molar-refractivity contribution in [2.24, 2.45) is 0 Å². The van der Waals surface area contributed by atoms with Crippen molar-refractivity contribution in [1.82, 2.24) is 4.98 Å². The van der Waals surface area contributed by atoms with E-state index >= 15 is 0 Å². The summed E-state index contributed by atoms with van der Waals surface area (Å²) >= 11 is 0. The largest absolute Gasteiger partial charge is 0.496 e. The number of hydrogen-bond acceptors (Lipinski definition) is 3. The minimum Gasteiger partial charge on any atom is -0.496 e. The second-order valence-electron chi connectivity index (χ2n) is 5.60. The number of pyridine rings is 1. The summed E-state index contributed by atoms with van der Waals surface area (Å²) < 4.78 is 10.9. The van der Waals surface area contributed by atoms with Crippen molar-refractivity contribution in [2.45, 2.75) is 0 Å². The van der Waals surface area contributed by atoms with Gasteiger partial charge in [-0.2, -0.15) is 0 Å². The van der Waals surface area contributed by atoms with E-state index in [9.17, 15) is 0 Å². The monoisotopic (exact) mass is 315 g/mol. The van der Waals surface area contributed by atoms with Crippen LogP contribution in [-0.2, 0) is 0 Å². The van der Waals surface area contributed by atoms with Gasteiger partial charge in [-0.25, -0.2) is 4.98 Å². The Bertz CT molecular complexity index is 1040. The van der Waals surface area contributed by atoms with E-state index in [0.717, 1.165) is 27.8 Å². The molecule has 0 saturated heterocycles. The van der Waals surface area contributed by atoms with Crippen LogP contribution >= 0.6 is 0 Å². The first kappa shape index (κ1) is 14.5. The molecule has 24 heavy (non-hydrogen) atoms. The molecule has 0 fully saturated rings. The van der Waals surface area contributed by atoms with Gasteiger partial charge in [0, 0.05) is 17.0 Å². The van der Waals surface area contributed by atoms with E-state index in [1.165, 1.54) is 10.8 Å². The van der Waals surface area contributed by atoms with Gasteiger partial charge in [0.1, 0.15) is 5.75 Å².